The minimum atomic E-state index is 0.0136. The van der Waals surface area contributed by atoms with Crippen molar-refractivity contribution < 1.29 is 14.1 Å². The van der Waals surface area contributed by atoms with Crippen LogP contribution in [0, 0.1) is 0 Å². The minimum Gasteiger partial charge on any atom is -0.385 e. The van der Waals surface area contributed by atoms with Gasteiger partial charge in [-0.05, 0) is 13.3 Å². The molecular weight excluding hydrogens is 272 g/mol. The Balaban J connectivity index is 1.69. The maximum atomic E-state index is 12.1. The molecule has 2 heterocycles. The second-order valence-electron chi connectivity index (χ2n) is 5.39. The molecule has 0 saturated carbocycles. The van der Waals surface area contributed by atoms with Gasteiger partial charge in [0.05, 0.1) is 5.69 Å². The van der Waals surface area contributed by atoms with Crippen molar-refractivity contribution in [3.05, 3.63) is 18.0 Å². The number of hydrogen-bond donors (Lipinski definition) is 1. The summed E-state index contributed by atoms with van der Waals surface area (Å²) in [5, 5.41) is 6.92. The van der Waals surface area contributed by atoms with Crippen molar-refractivity contribution in [2.45, 2.75) is 25.9 Å². The molecule has 0 bridgehead atoms. The van der Waals surface area contributed by atoms with E-state index in [-0.39, 0.29) is 12.1 Å². The van der Waals surface area contributed by atoms with Crippen molar-refractivity contribution in [2.75, 3.05) is 39.9 Å². The van der Waals surface area contributed by atoms with Gasteiger partial charge >= 0.3 is 6.03 Å². The highest BCUT2D eigenvalue weighted by Gasteiger charge is 2.22. The first kappa shape index (κ1) is 15.8. The maximum Gasteiger partial charge on any atom is 0.317 e. The third kappa shape index (κ3) is 5.02. The Labute approximate surface area is 125 Å². The first-order valence-electron chi connectivity index (χ1n) is 7.35. The van der Waals surface area contributed by atoms with Crippen LogP contribution in [0.1, 0.15) is 19.0 Å². The molecule has 1 saturated heterocycles. The highest BCUT2D eigenvalue weighted by atomic mass is 16.5. The normalized spacial score (nSPS) is 17.7. The molecule has 2 amide bonds. The van der Waals surface area contributed by atoms with Crippen molar-refractivity contribution in [3.8, 4) is 0 Å². The summed E-state index contributed by atoms with van der Waals surface area (Å²) in [7, 11) is 1.67. The molecule has 0 unspecified atom stereocenters. The molecule has 21 heavy (non-hydrogen) atoms. The average Bonchev–Trinajstić information content (AvgIpc) is 2.98. The molecule has 0 aromatic carbocycles. The summed E-state index contributed by atoms with van der Waals surface area (Å²) in [6.07, 6.45) is 2.41. The highest BCUT2D eigenvalue weighted by Crippen LogP contribution is 2.07. The van der Waals surface area contributed by atoms with E-state index in [1.807, 2.05) is 17.9 Å². The summed E-state index contributed by atoms with van der Waals surface area (Å²) in [5.41, 5.74) is 0.932. The number of nitrogens with one attached hydrogen (secondary N) is 1. The monoisotopic (exact) mass is 296 g/mol. The van der Waals surface area contributed by atoms with Gasteiger partial charge < -0.3 is 19.5 Å². The molecule has 1 aromatic heterocycles. The maximum absolute atomic E-state index is 12.1. The van der Waals surface area contributed by atoms with Gasteiger partial charge in [0.2, 0.25) is 0 Å². The molecule has 1 aliphatic heterocycles. The Morgan fingerprint density at radius 2 is 2.24 bits per heavy atom. The highest BCUT2D eigenvalue weighted by molar-refractivity contribution is 5.74. The molecule has 0 spiro atoms. The number of urea groups is 1. The zero-order chi connectivity index (χ0) is 15.1. The van der Waals surface area contributed by atoms with Gasteiger partial charge in [-0.1, -0.05) is 5.16 Å². The largest absolute Gasteiger partial charge is 0.385 e. The topological polar surface area (TPSA) is 70.8 Å². The first-order valence-corrected chi connectivity index (χ1v) is 7.35. The lowest BCUT2D eigenvalue weighted by molar-refractivity contribution is 0.129. The summed E-state index contributed by atoms with van der Waals surface area (Å²) in [6, 6.07) is 2.02. The molecular formula is C14H24N4O3. The van der Waals surface area contributed by atoms with Crippen molar-refractivity contribution in [1.29, 1.82) is 0 Å². The van der Waals surface area contributed by atoms with Crippen LogP contribution in [-0.2, 0) is 11.3 Å². The molecule has 2 rings (SSSR count). The number of rotatable bonds is 6. The van der Waals surface area contributed by atoms with Crippen LogP contribution in [0.25, 0.3) is 0 Å². The summed E-state index contributed by atoms with van der Waals surface area (Å²) in [6.45, 7) is 6.61. The van der Waals surface area contributed by atoms with Gasteiger partial charge in [0.15, 0.2) is 0 Å². The van der Waals surface area contributed by atoms with Crippen LogP contribution in [0.5, 0.6) is 0 Å². The Hall–Kier alpha value is -1.60. The second-order valence-corrected chi connectivity index (χ2v) is 5.39. The summed E-state index contributed by atoms with van der Waals surface area (Å²) in [4.78, 5) is 16.3. The van der Waals surface area contributed by atoms with Crippen LogP contribution in [0.4, 0.5) is 4.79 Å². The van der Waals surface area contributed by atoms with Gasteiger partial charge in [-0.3, -0.25) is 4.90 Å². The molecule has 7 heteroatoms. The Morgan fingerprint density at radius 3 is 2.86 bits per heavy atom. The van der Waals surface area contributed by atoms with Crippen molar-refractivity contribution in [3.63, 3.8) is 0 Å². The first-order chi connectivity index (χ1) is 10.2. The molecule has 7 nitrogen and oxygen atoms in total. The van der Waals surface area contributed by atoms with Crippen LogP contribution in [0.2, 0.25) is 0 Å². The van der Waals surface area contributed by atoms with Crippen LogP contribution in [-0.4, -0.2) is 66.9 Å². The predicted octanol–water partition coefficient (Wildman–Crippen LogP) is 0.927. The number of carbonyl (C=O) groups excluding carboxylic acids is 1. The number of ether oxygens (including phenoxy) is 1. The smallest absolute Gasteiger partial charge is 0.317 e. The number of amides is 2. The summed E-state index contributed by atoms with van der Waals surface area (Å²) >= 11 is 0. The van der Waals surface area contributed by atoms with Gasteiger partial charge in [-0.15, -0.1) is 0 Å². The van der Waals surface area contributed by atoms with Gasteiger partial charge in [0.25, 0.3) is 0 Å². The molecule has 0 aliphatic carbocycles. The van der Waals surface area contributed by atoms with Gasteiger partial charge in [0, 0.05) is 58.5 Å². The Morgan fingerprint density at radius 1 is 1.48 bits per heavy atom. The fourth-order valence-electron chi connectivity index (χ4n) is 2.33. The number of hydrogen-bond acceptors (Lipinski definition) is 5. The van der Waals surface area contributed by atoms with E-state index in [0.29, 0.717) is 6.61 Å². The molecule has 1 fully saturated rings. The quantitative estimate of drug-likeness (QED) is 0.845. The van der Waals surface area contributed by atoms with E-state index in [1.165, 1.54) is 0 Å². The van der Waals surface area contributed by atoms with Gasteiger partial charge in [-0.2, -0.15) is 0 Å². The molecule has 0 radical (unpaired) electrons. The summed E-state index contributed by atoms with van der Waals surface area (Å²) in [5.74, 6) is 0. The van der Waals surface area contributed by atoms with Crippen molar-refractivity contribution in [1.82, 2.24) is 20.3 Å². The van der Waals surface area contributed by atoms with Crippen LogP contribution in [0.3, 0.4) is 0 Å². The van der Waals surface area contributed by atoms with Crippen LogP contribution in [0.15, 0.2) is 16.9 Å². The van der Waals surface area contributed by atoms with E-state index in [9.17, 15) is 4.79 Å². The molecule has 1 atom stereocenters. The van der Waals surface area contributed by atoms with E-state index < -0.39 is 0 Å². The number of aromatic nitrogens is 1. The number of carbonyl (C=O) groups is 1. The van der Waals surface area contributed by atoms with Crippen molar-refractivity contribution >= 4 is 6.03 Å². The zero-order valence-electron chi connectivity index (χ0n) is 12.7. The lowest BCUT2D eigenvalue weighted by atomic mass is 10.2. The standard InChI is InChI=1S/C14H24N4O3/c1-12(3-9-20-2)15-14(19)18-7-5-17(6-8-18)11-13-4-10-21-16-13/h4,10,12H,3,5-9,11H2,1-2H3,(H,15,19)/t12-/m0/s1. The second kappa shape index (κ2) is 7.99. The lowest BCUT2D eigenvalue weighted by Gasteiger charge is -2.34. The van der Waals surface area contributed by atoms with E-state index in [1.54, 1.807) is 13.4 Å². The molecule has 118 valence electrons. The molecule has 1 N–H and O–H groups in total. The van der Waals surface area contributed by atoms with E-state index in [0.717, 1.165) is 44.8 Å². The van der Waals surface area contributed by atoms with Crippen LogP contribution >= 0.6 is 0 Å². The van der Waals surface area contributed by atoms with E-state index in [2.05, 4.69) is 15.4 Å². The SMILES string of the molecule is COCC[C@H](C)NC(=O)N1CCN(Cc2ccon2)CC1. The number of nitrogens with zero attached hydrogens (tertiary/aromatic N) is 3. The Bertz CT molecular complexity index is 416. The fraction of sp³-hybridized carbons (Fsp3) is 0.714. The fourth-order valence-corrected chi connectivity index (χ4v) is 2.33. The third-order valence-electron chi connectivity index (χ3n) is 3.66. The zero-order valence-corrected chi connectivity index (χ0v) is 12.7. The molecule has 1 aromatic rings. The lowest BCUT2D eigenvalue weighted by Crippen LogP contribution is -2.52. The minimum absolute atomic E-state index is 0.0136. The van der Waals surface area contributed by atoms with Gasteiger partial charge in [-0.25, -0.2) is 4.79 Å². The van der Waals surface area contributed by atoms with E-state index in [4.69, 9.17) is 9.26 Å². The number of methoxy groups -OCH3 is 1. The number of piperazine rings is 1. The van der Waals surface area contributed by atoms with Crippen LogP contribution < -0.4 is 5.32 Å². The third-order valence-corrected chi connectivity index (χ3v) is 3.66. The average molecular weight is 296 g/mol. The van der Waals surface area contributed by atoms with E-state index >= 15 is 0 Å². The Kier molecular flexibility index (Phi) is 6.01. The summed E-state index contributed by atoms with van der Waals surface area (Å²) < 4.78 is 9.85. The van der Waals surface area contributed by atoms with Crippen molar-refractivity contribution in [2.24, 2.45) is 0 Å². The van der Waals surface area contributed by atoms with Gasteiger partial charge in [0.1, 0.15) is 6.26 Å². The predicted molar refractivity (Wildman–Crippen MR) is 77.8 cm³/mol. The molecule has 1 aliphatic rings.